The first-order valence-corrected chi connectivity index (χ1v) is 10.9. The highest BCUT2D eigenvalue weighted by Gasteiger charge is 2.61. The Hall–Kier alpha value is -2.96. The predicted octanol–water partition coefficient (Wildman–Crippen LogP) is 3.02. The number of amides is 3. The monoisotopic (exact) mass is 424 g/mol. The van der Waals surface area contributed by atoms with Gasteiger partial charge in [0.2, 0.25) is 17.7 Å². The van der Waals surface area contributed by atoms with Gasteiger partial charge in [0.25, 0.3) is 0 Å². The molecule has 5 atom stereocenters. The smallest absolute Gasteiger partial charge is 0.338 e. The van der Waals surface area contributed by atoms with E-state index in [-0.39, 0.29) is 53.9 Å². The summed E-state index contributed by atoms with van der Waals surface area (Å²) in [7, 11) is 0. The van der Waals surface area contributed by atoms with Gasteiger partial charge < -0.3 is 10.1 Å². The van der Waals surface area contributed by atoms with E-state index < -0.39 is 12.0 Å². The van der Waals surface area contributed by atoms with Crippen LogP contribution in [0, 0.1) is 29.6 Å². The number of esters is 1. The van der Waals surface area contributed by atoms with Crippen molar-refractivity contribution < 1.29 is 23.9 Å². The van der Waals surface area contributed by atoms with E-state index in [2.05, 4.69) is 5.32 Å². The Morgan fingerprint density at radius 2 is 1.65 bits per heavy atom. The van der Waals surface area contributed by atoms with Crippen molar-refractivity contribution in [3.63, 3.8) is 0 Å². The molecule has 1 saturated heterocycles. The largest absolute Gasteiger partial charge is 0.462 e. The maximum Gasteiger partial charge on any atom is 0.338 e. The quantitative estimate of drug-likeness (QED) is 0.413. The Morgan fingerprint density at radius 3 is 2.16 bits per heavy atom. The standard InChI is InChI=1S/C24H28N2O5/c1-4-31-24(30)14-7-9-17(10-8-14)25-21(27)18(11-13(2)3)26-22(28)19-15-5-6-16(12-15)20(19)23(26)29/h5-10,13,15-16,18-20H,4,11-12H2,1-3H3,(H,25,27)/t15-,16-,18-,19+,20+/m0/s1. The van der Waals surface area contributed by atoms with E-state index in [0.717, 1.165) is 6.42 Å². The summed E-state index contributed by atoms with van der Waals surface area (Å²) in [5.41, 5.74) is 0.882. The third-order valence-electron chi connectivity index (χ3n) is 6.48. The zero-order chi connectivity index (χ0) is 22.3. The molecule has 1 heterocycles. The Kier molecular flexibility index (Phi) is 5.69. The minimum absolute atomic E-state index is 0.106. The molecule has 31 heavy (non-hydrogen) atoms. The first-order chi connectivity index (χ1) is 14.8. The Labute approximate surface area is 181 Å². The molecule has 3 aliphatic rings. The number of carbonyl (C=O) groups is 4. The molecule has 0 aromatic heterocycles. The van der Waals surface area contributed by atoms with Crippen molar-refractivity contribution in [2.75, 3.05) is 11.9 Å². The van der Waals surface area contributed by atoms with Gasteiger partial charge in [-0.1, -0.05) is 26.0 Å². The number of hydrogen-bond acceptors (Lipinski definition) is 5. The van der Waals surface area contributed by atoms with Crippen LogP contribution in [0.5, 0.6) is 0 Å². The highest BCUT2D eigenvalue weighted by Crippen LogP contribution is 2.53. The molecular formula is C24H28N2O5. The molecule has 7 nitrogen and oxygen atoms in total. The molecule has 1 aromatic rings. The van der Waals surface area contributed by atoms with Crippen LogP contribution in [0.1, 0.15) is 44.0 Å². The molecule has 2 aliphatic carbocycles. The van der Waals surface area contributed by atoms with Gasteiger partial charge in [0.05, 0.1) is 24.0 Å². The first-order valence-electron chi connectivity index (χ1n) is 10.9. The molecule has 1 aliphatic heterocycles. The lowest BCUT2D eigenvalue weighted by Crippen LogP contribution is -2.49. The SMILES string of the molecule is CCOC(=O)c1ccc(NC(=O)[C@H](CC(C)C)N2C(=O)[C@H]3[C@H](C2=O)[C@H]2C=C[C@H]3C2)cc1. The van der Waals surface area contributed by atoms with Crippen LogP contribution in [0.4, 0.5) is 5.69 Å². The summed E-state index contributed by atoms with van der Waals surface area (Å²) < 4.78 is 4.97. The van der Waals surface area contributed by atoms with Gasteiger partial charge in [0, 0.05) is 5.69 Å². The topological polar surface area (TPSA) is 92.8 Å². The number of carbonyl (C=O) groups excluding carboxylic acids is 4. The average Bonchev–Trinajstić information content (AvgIpc) is 3.41. The van der Waals surface area contributed by atoms with Gasteiger partial charge in [-0.15, -0.1) is 0 Å². The summed E-state index contributed by atoms with van der Waals surface area (Å²) in [5, 5.41) is 2.81. The van der Waals surface area contributed by atoms with Crippen LogP contribution in [-0.2, 0) is 19.1 Å². The van der Waals surface area contributed by atoms with Crippen LogP contribution in [0.25, 0.3) is 0 Å². The van der Waals surface area contributed by atoms with Gasteiger partial charge in [-0.2, -0.15) is 0 Å². The van der Waals surface area contributed by atoms with Gasteiger partial charge in [-0.25, -0.2) is 4.79 Å². The number of hydrogen-bond donors (Lipinski definition) is 1. The molecule has 0 unspecified atom stereocenters. The van der Waals surface area contributed by atoms with E-state index in [0.29, 0.717) is 17.7 Å². The summed E-state index contributed by atoms with van der Waals surface area (Å²) in [6.45, 7) is 5.94. The second-order valence-corrected chi connectivity index (χ2v) is 8.98. The maximum absolute atomic E-state index is 13.2. The Morgan fingerprint density at radius 1 is 1.06 bits per heavy atom. The number of rotatable bonds is 7. The second-order valence-electron chi connectivity index (χ2n) is 8.98. The third-order valence-corrected chi connectivity index (χ3v) is 6.48. The van der Waals surface area contributed by atoms with E-state index in [1.54, 1.807) is 31.2 Å². The van der Waals surface area contributed by atoms with E-state index in [9.17, 15) is 19.2 Å². The normalized spacial score (nSPS) is 27.0. The molecule has 1 aromatic carbocycles. The summed E-state index contributed by atoms with van der Waals surface area (Å²) in [6.07, 6.45) is 5.34. The van der Waals surface area contributed by atoms with Crippen LogP contribution in [0.3, 0.4) is 0 Å². The van der Waals surface area contributed by atoms with E-state index in [4.69, 9.17) is 4.74 Å². The van der Waals surface area contributed by atoms with Crippen molar-refractivity contribution in [1.29, 1.82) is 0 Å². The van der Waals surface area contributed by atoms with Crippen molar-refractivity contribution in [3.8, 4) is 0 Å². The number of anilines is 1. The van der Waals surface area contributed by atoms with E-state index in [1.807, 2.05) is 26.0 Å². The molecule has 2 bridgehead atoms. The summed E-state index contributed by atoms with van der Waals surface area (Å²) in [6, 6.07) is 5.53. The van der Waals surface area contributed by atoms with Gasteiger partial charge in [-0.05, 0) is 61.8 Å². The predicted molar refractivity (Wildman–Crippen MR) is 114 cm³/mol. The van der Waals surface area contributed by atoms with Crippen LogP contribution >= 0.6 is 0 Å². The van der Waals surface area contributed by atoms with Gasteiger partial charge in [0.1, 0.15) is 6.04 Å². The molecule has 0 radical (unpaired) electrons. The fourth-order valence-corrected chi connectivity index (χ4v) is 5.14. The molecule has 7 heteroatoms. The van der Waals surface area contributed by atoms with Gasteiger partial charge >= 0.3 is 5.97 Å². The highest BCUT2D eigenvalue weighted by molar-refractivity contribution is 6.10. The fraction of sp³-hybridized carbons (Fsp3) is 0.500. The zero-order valence-electron chi connectivity index (χ0n) is 18.0. The summed E-state index contributed by atoms with van der Waals surface area (Å²) >= 11 is 0. The molecular weight excluding hydrogens is 396 g/mol. The van der Waals surface area contributed by atoms with Gasteiger partial charge in [-0.3, -0.25) is 19.3 Å². The Bertz CT molecular complexity index is 906. The summed E-state index contributed by atoms with van der Waals surface area (Å²) in [4.78, 5) is 52.6. The van der Waals surface area contributed by atoms with Crippen molar-refractivity contribution in [1.82, 2.24) is 4.90 Å². The fourth-order valence-electron chi connectivity index (χ4n) is 5.14. The number of likely N-dealkylation sites (tertiary alicyclic amines) is 1. The van der Waals surface area contributed by atoms with Crippen molar-refractivity contribution in [3.05, 3.63) is 42.0 Å². The van der Waals surface area contributed by atoms with Crippen LogP contribution in [0.15, 0.2) is 36.4 Å². The highest BCUT2D eigenvalue weighted by atomic mass is 16.5. The molecule has 0 spiro atoms. The lowest BCUT2D eigenvalue weighted by atomic mass is 9.85. The van der Waals surface area contributed by atoms with Gasteiger partial charge in [0.15, 0.2) is 0 Å². The number of benzene rings is 1. The van der Waals surface area contributed by atoms with Crippen molar-refractivity contribution in [2.24, 2.45) is 29.6 Å². The van der Waals surface area contributed by atoms with E-state index in [1.165, 1.54) is 4.90 Å². The first kappa shape index (κ1) is 21.3. The zero-order valence-corrected chi connectivity index (χ0v) is 18.0. The van der Waals surface area contributed by atoms with Crippen LogP contribution in [-0.4, -0.2) is 41.2 Å². The molecule has 164 valence electrons. The molecule has 1 N–H and O–H groups in total. The molecule has 2 fully saturated rings. The number of ether oxygens (including phenoxy) is 1. The van der Waals surface area contributed by atoms with Crippen LogP contribution in [0.2, 0.25) is 0 Å². The number of allylic oxidation sites excluding steroid dienone is 2. The van der Waals surface area contributed by atoms with Crippen LogP contribution < -0.4 is 5.32 Å². The molecule has 3 amide bonds. The minimum Gasteiger partial charge on any atom is -0.462 e. The summed E-state index contributed by atoms with van der Waals surface area (Å²) in [5.74, 6) is -1.57. The number of fused-ring (bicyclic) bond motifs is 5. The number of nitrogens with zero attached hydrogens (tertiary/aromatic N) is 1. The molecule has 1 saturated carbocycles. The second kappa shape index (κ2) is 8.29. The van der Waals surface area contributed by atoms with Crippen molar-refractivity contribution >= 4 is 29.4 Å². The Balaban J connectivity index is 1.52. The van der Waals surface area contributed by atoms with E-state index >= 15 is 0 Å². The number of nitrogens with one attached hydrogen (secondary N) is 1. The number of imide groups is 1. The lowest BCUT2D eigenvalue weighted by molar-refractivity contribution is -0.147. The molecule has 4 rings (SSSR count). The third kappa shape index (κ3) is 3.77. The van der Waals surface area contributed by atoms with Crippen molar-refractivity contribution in [2.45, 2.75) is 39.7 Å². The average molecular weight is 424 g/mol. The maximum atomic E-state index is 13.2. The lowest BCUT2D eigenvalue weighted by Gasteiger charge is -2.28. The minimum atomic E-state index is -0.852.